The zero-order valence-electron chi connectivity index (χ0n) is 16.3. The van der Waals surface area contributed by atoms with Crippen molar-refractivity contribution < 1.29 is 18.0 Å². The van der Waals surface area contributed by atoms with Crippen molar-refractivity contribution in [2.75, 3.05) is 13.1 Å². The van der Waals surface area contributed by atoms with Crippen molar-refractivity contribution in [3.8, 4) is 11.1 Å². The molecule has 0 bridgehead atoms. The van der Waals surface area contributed by atoms with Gasteiger partial charge in [0.05, 0.1) is 5.56 Å². The number of rotatable bonds is 2. The van der Waals surface area contributed by atoms with Crippen molar-refractivity contribution in [3.05, 3.63) is 48.0 Å². The van der Waals surface area contributed by atoms with E-state index in [1.165, 1.54) is 12.4 Å². The quantitative estimate of drug-likeness (QED) is 0.719. The summed E-state index contributed by atoms with van der Waals surface area (Å²) in [6, 6.07) is 4.16. The third kappa shape index (κ3) is 4.34. The first kappa shape index (κ1) is 20.3. The molecule has 7 heteroatoms. The van der Waals surface area contributed by atoms with Crippen LogP contribution in [-0.2, 0) is 6.18 Å². The molecule has 0 spiro atoms. The van der Waals surface area contributed by atoms with Gasteiger partial charge in [-0.25, -0.2) is 4.98 Å². The maximum absolute atomic E-state index is 13.2. The zero-order valence-corrected chi connectivity index (χ0v) is 16.3. The first-order chi connectivity index (χ1) is 13.1. The molecule has 0 aromatic carbocycles. The number of piperidine rings is 1. The number of likely N-dealkylation sites (tertiary alicyclic amines) is 1. The van der Waals surface area contributed by atoms with Crippen molar-refractivity contribution in [2.45, 2.75) is 39.8 Å². The highest BCUT2D eigenvalue weighted by Gasteiger charge is 2.34. The largest absolute Gasteiger partial charge is 0.417 e. The van der Waals surface area contributed by atoms with E-state index in [4.69, 9.17) is 0 Å². The second kappa shape index (κ2) is 7.53. The monoisotopic (exact) mass is 391 g/mol. The third-order valence-corrected chi connectivity index (χ3v) is 5.42. The van der Waals surface area contributed by atoms with Gasteiger partial charge in [0.1, 0.15) is 5.69 Å². The lowest BCUT2D eigenvalue weighted by molar-refractivity contribution is -0.137. The van der Waals surface area contributed by atoms with Crippen LogP contribution in [-0.4, -0.2) is 33.9 Å². The van der Waals surface area contributed by atoms with Crippen molar-refractivity contribution in [1.82, 2.24) is 14.9 Å². The molecule has 0 aliphatic carbocycles. The molecule has 28 heavy (non-hydrogen) atoms. The van der Waals surface area contributed by atoms with Gasteiger partial charge in [-0.1, -0.05) is 20.8 Å². The predicted octanol–water partition coefficient (Wildman–Crippen LogP) is 5.06. The topological polar surface area (TPSA) is 46.1 Å². The fourth-order valence-corrected chi connectivity index (χ4v) is 3.64. The van der Waals surface area contributed by atoms with Crippen molar-refractivity contribution >= 4 is 5.91 Å². The van der Waals surface area contributed by atoms with Crippen LogP contribution in [0.3, 0.4) is 0 Å². The van der Waals surface area contributed by atoms with E-state index in [1.54, 1.807) is 17.0 Å². The molecule has 0 unspecified atom stereocenters. The van der Waals surface area contributed by atoms with E-state index in [9.17, 15) is 18.0 Å². The Morgan fingerprint density at radius 3 is 2.25 bits per heavy atom. The second-order valence-corrected chi connectivity index (χ2v) is 8.29. The van der Waals surface area contributed by atoms with Gasteiger partial charge in [-0.05, 0) is 47.9 Å². The molecule has 3 rings (SSSR count). The zero-order chi connectivity index (χ0) is 20.5. The van der Waals surface area contributed by atoms with Crippen LogP contribution in [0, 0.1) is 11.3 Å². The molecule has 0 atom stereocenters. The molecule has 1 aliphatic rings. The molecule has 4 nitrogen and oxygen atoms in total. The van der Waals surface area contributed by atoms with Crippen LogP contribution in [0.4, 0.5) is 13.2 Å². The summed E-state index contributed by atoms with van der Waals surface area (Å²) >= 11 is 0. The summed E-state index contributed by atoms with van der Waals surface area (Å²) in [5.41, 5.74) is 0.0154. The maximum atomic E-state index is 13.2. The smallest absolute Gasteiger partial charge is 0.337 e. The number of carbonyl (C=O) groups excluding carboxylic acids is 1. The predicted molar refractivity (Wildman–Crippen MR) is 101 cm³/mol. The van der Waals surface area contributed by atoms with Crippen LogP contribution >= 0.6 is 0 Å². The van der Waals surface area contributed by atoms with Gasteiger partial charge in [0.25, 0.3) is 5.91 Å². The van der Waals surface area contributed by atoms with E-state index in [0.717, 1.165) is 25.1 Å². The minimum absolute atomic E-state index is 0.0495. The van der Waals surface area contributed by atoms with Gasteiger partial charge in [0.15, 0.2) is 0 Å². The van der Waals surface area contributed by atoms with Gasteiger partial charge >= 0.3 is 6.18 Å². The first-order valence-corrected chi connectivity index (χ1v) is 9.34. The Morgan fingerprint density at radius 2 is 1.71 bits per heavy atom. The summed E-state index contributed by atoms with van der Waals surface area (Å²) in [5.74, 6) is 0.185. The highest BCUT2D eigenvalue weighted by molar-refractivity contribution is 5.99. The molecule has 0 N–H and O–H groups in total. The first-order valence-electron chi connectivity index (χ1n) is 9.34. The Balaban J connectivity index is 1.92. The van der Waals surface area contributed by atoms with Crippen molar-refractivity contribution in [2.24, 2.45) is 11.3 Å². The summed E-state index contributed by atoms with van der Waals surface area (Å²) in [6.45, 7) is 7.73. The van der Waals surface area contributed by atoms with Gasteiger partial charge < -0.3 is 4.90 Å². The highest BCUT2D eigenvalue weighted by Crippen LogP contribution is 2.36. The Kier molecular flexibility index (Phi) is 5.46. The molecular formula is C21H24F3N3O. The van der Waals surface area contributed by atoms with E-state index >= 15 is 0 Å². The standard InChI is InChI=1S/C21H24F3N3O/c1-20(2,3)15-6-10-27(11-7-15)19(28)18-17(14-4-8-25-9-5-14)12-16(13-26-18)21(22,23)24/h4-5,8-9,12-13,15H,6-7,10-11H2,1-3H3. The molecule has 150 valence electrons. The van der Waals surface area contributed by atoms with Crippen LogP contribution in [0.5, 0.6) is 0 Å². The van der Waals surface area contributed by atoms with Crippen LogP contribution in [0.15, 0.2) is 36.8 Å². The molecule has 1 saturated heterocycles. The van der Waals surface area contributed by atoms with E-state index in [1.807, 2.05) is 0 Å². The Hall–Kier alpha value is -2.44. The van der Waals surface area contributed by atoms with Crippen LogP contribution in [0.2, 0.25) is 0 Å². The lowest BCUT2D eigenvalue weighted by Crippen LogP contribution is -2.41. The number of pyridine rings is 2. The van der Waals surface area contributed by atoms with E-state index in [0.29, 0.717) is 24.6 Å². The summed E-state index contributed by atoms with van der Waals surface area (Å²) in [4.78, 5) is 22.6. The van der Waals surface area contributed by atoms with Gasteiger partial charge in [-0.15, -0.1) is 0 Å². The van der Waals surface area contributed by atoms with Crippen molar-refractivity contribution in [3.63, 3.8) is 0 Å². The fraction of sp³-hybridized carbons (Fsp3) is 0.476. The minimum Gasteiger partial charge on any atom is -0.337 e. The lowest BCUT2D eigenvalue weighted by Gasteiger charge is -2.38. The summed E-state index contributed by atoms with van der Waals surface area (Å²) in [5, 5.41) is 0. The average molecular weight is 391 g/mol. The maximum Gasteiger partial charge on any atom is 0.417 e. The number of hydrogen-bond donors (Lipinski definition) is 0. The molecule has 2 aromatic rings. The van der Waals surface area contributed by atoms with Crippen molar-refractivity contribution in [1.29, 1.82) is 0 Å². The number of carbonyl (C=O) groups is 1. The molecular weight excluding hydrogens is 367 g/mol. The van der Waals surface area contributed by atoms with E-state index in [2.05, 4.69) is 30.7 Å². The average Bonchev–Trinajstić information content (AvgIpc) is 2.66. The number of alkyl halides is 3. The summed E-state index contributed by atoms with van der Waals surface area (Å²) in [6.07, 6.45) is 0.930. The fourth-order valence-electron chi connectivity index (χ4n) is 3.64. The van der Waals surface area contributed by atoms with Gasteiger partial charge in [0.2, 0.25) is 0 Å². The Labute approximate surface area is 162 Å². The van der Waals surface area contributed by atoms with Crippen LogP contribution in [0.1, 0.15) is 49.7 Å². The second-order valence-electron chi connectivity index (χ2n) is 8.29. The molecule has 1 fully saturated rings. The normalized spacial score (nSPS) is 16.3. The van der Waals surface area contributed by atoms with Gasteiger partial charge in [-0.2, -0.15) is 13.2 Å². The number of amides is 1. The molecule has 1 amide bonds. The summed E-state index contributed by atoms with van der Waals surface area (Å²) in [7, 11) is 0. The number of halogens is 3. The van der Waals surface area contributed by atoms with Gasteiger partial charge in [0, 0.05) is 37.2 Å². The highest BCUT2D eigenvalue weighted by atomic mass is 19.4. The molecule has 0 saturated carbocycles. The number of hydrogen-bond acceptors (Lipinski definition) is 3. The Morgan fingerprint density at radius 1 is 1.11 bits per heavy atom. The van der Waals surface area contributed by atoms with Crippen LogP contribution in [0.25, 0.3) is 11.1 Å². The van der Waals surface area contributed by atoms with Crippen LogP contribution < -0.4 is 0 Å². The molecule has 1 aliphatic heterocycles. The SMILES string of the molecule is CC(C)(C)C1CCN(C(=O)c2ncc(C(F)(F)F)cc2-c2ccncc2)CC1. The molecule has 0 radical (unpaired) electrons. The number of aromatic nitrogens is 2. The summed E-state index contributed by atoms with van der Waals surface area (Å²) < 4.78 is 39.5. The van der Waals surface area contributed by atoms with E-state index in [-0.39, 0.29) is 22.6 Å². The van der Waals surface area contributed by atoms with E-state index < -0.39 is 11.7 Å². The minimum atomic E-state index is -4.53. The third-order valence-electron chi connectivity index (χ3n) is 5.42. The Bertz CT molecular complexity index is 836. The van der Waals surface area contributed by atoms with Gasteiger partial charge in [-0.3, -0.25) is 9.78 Å². The molecule has 3 heterocycles. The number of nitrogens with zero attached hydrogens (tertiary/aromatic N) is 3. The molecule has 2 aromatic heterocycles. The lowest BCUT2D eigenvalue weighted by atomic mass is 9.75.